The summed E-state index contributed by atoms with van der Waals surface area (Å²) in [4.78, 5) is 24.2. The minimum absolute atomic E-state index is 0. The Balaban J connectivity index is 0.00000225. The zero-order valence-corrected chi connectivity index (χ0v) is 15.1. The highest BCUT2D eigenvalue weighted by atomic mass is 35.5. The molecule has 2 N–H and O–H groups in total. The summed E-state index contributed by atoms with van der Waals surface area (Å²) in [6.45, 7) is 1.22. The number of halogens is 1. The SMILES string of the molecule is Cl.O=C(NCCNC1CCCCCC1)c1cc2ccccc2oc1=O. The molecule has 25 heavy (non-hydrogen) atoms. The van der Waals surface area contributed by atoms with E-state index in [2.05, 4.69) is 10.6 Å². The van der Waals surface area contributed by atoms with Crippen molar-refractivity contribution in [2.75, 3.05) is 13.1 Å². The second kappa shape index (κ2) is 9.59. The van der Waals surface area contributed by atoms with Crippen LogP contribution in [0.4, 0.5) is 0 Å². The van der Waals surface area contributed by atoms with Crippen LogP contribution in [-0.2, 0) is 0 Å². The van der Waals surface area contributed by atoms with E-state index in [0.29, 0.717) is 18.2 Å². The van der Waals surface area contributed by atoms with Gasteiger partial charge in [-0.3, -0.25) is 4.79 Å². The highest BCUT2D eigenvalue weighted by Gasteiger charge is 2.14. The lowest BCUT2D eigenvalue weighted by Crippen LogP contribution is -2.37. The fourth-order valence-corrected chi connectivity index (χ4v) is 3.25. The smallest absolute Gasteiger partial charge is 0.349 e. The molecule has 1 heterocycles. The van der Waals surface area contributed by atoms with Crippen molar-refractivity contribution < 1.29 is 9.21 Å². The van der Waals surface area contributed by atoms with E-state index < -0.39 is 5.63 Å². The maximum absolute atomic E-state index is 12.2. The number of hydrogen-bond donors (Lipinski definition) is 2. The summed E-state index contributed by atoms with van der Waals surface area (Å²) in [5.74, 6) is -0.378. The van der Waals surface area contributed by atoms with Crippen molar-refractivity contribution in [3.05, 3.63) is 46.3 Å². The van der Waals surface area contributed by atoms with Gasteiger partial charge in [-0.1, -0.05) is 43.9 Å². The fraction of sp³-hybridized carbons (Fsp3) is 0.474. The van der Waals surface area contributed by atoms with Crippen LogP contribution >= 0.6 is 12.4 Å². The van der Waals surface area contributed by atoms with Crippen molar-refractivity contribution >= 4 is 29.3 Å². The molecule has 0 atom stereocenters. The molecule has 0 radical (unpaired) electrons. The van der Waals surface area contributed by atoms with Crippen molar-refractivity contribution in [3.8, 4) is 0 Å². The van der Waals surface area contributed by atoms with E-state index in [4.69, 9.17) is 4.42 Å². The van der Waals surface area contributed by atoms with Crippen molar-refractivity contribution in [2.45, 2.75) is 44.6 Å². The van der Waals surface area contributed by atoms with Crippen LogP contribution < -0.4 is 16.3 Å². The highest BCUT2D eigenvalue weighted by molar-refractivity contribution is 5.96. The van der Waals surface area contributed by atoms with Gasteiger partial charge in [-0.2, -0.15) is 0 Å². The predicted octanol–water partition coefficient (Wildman–Crippen LogP) is 3.26. The van der Waals surface area contributed by atoms with Crippen LogP contribution in [-0.4, -0.2) is 25.0 Å². The summed E-state index contributed by atoms with van der Waals surface area (Å²) in [5.41, 5.74) is -0.0415. The van der Waals surface area contributed by atoms with Crippen molar-refractivity contribution in [1.82, 2.24) is 10.6 Å². The Morgan fingerprint density at radius 1 is 1.08 bits per heavy atom. The van der Waals surface area contributed by atoms with E-state index in [-0.39, 0.29) is 23.9 Å². The summed E-state index contributed by atoms with van der Waals surface area (Å²) in [7, 11) is 0. The molecular weight excluding hydrogens is 340 g/mol. The summed E-state index contributed by atoms with van der Waals surface area (Å²) >= 11 is 0. The van der Waals surface area contributed by atoms with E-state index in [9.17, 15) is 9.59 Å². The fourth-order valence-electron chi connectivity index (χ4n) is 3.25. The molecule has 1 aromatic carbocycles. The van der Waals surface area contributed by atoms with E-state index >= 15 is 0 Å². The normalized spacial score (nSPS) is 15.4. The molecule has 0 bridgehead atoms. The molecule has 0 unspecified atom stereocenters. The highest BCUT2D eigenvalue weighted by Crippen LogP contribution is 2.17. The quantitative estimate of drug-likeness (QED) is 0.485. The Kier molecular flexibility index (Phi) is 7.47. The van der Waals surface area contributed by atoms with E-state index in [1.807, 2.05) is 12.1 Å². The molecular formula is C19H25ClN2O3. The number of rotatable bonds is 5. The first-order chi connectivity index (χ1) is 11.7. The van der Waals surface area contributed by atoms with Crippen molar-refractivity contribution in [1.29, 1.82) is 0 Å². The van der Waals surface area contributed by atoms with Gasteiger partial charge in [0.05, 0.1) is 0 Å². The van der Waals surface area contributed by atoms with Gasteiger partial charge in [0, 0.05) is 24.5 Å². The molecule has 136 valence electrons. The molecule has 0 aliphatic heterocycles. The molecule has 1 saturated carbocycles. The molecule has 1 aromatic heterocycles. The largest absolute Gasteiger partial charge is 0.422 e. The van der Waals surface area contributed by atoms with Crippen LogP contribution in [0.3, 0.4) is 0 Å². The Morgan fingerprint density at radius 2 is 1.80 bits per heavy atom. The van der Waals surface area contributed by atoms with Crippen LogP contribution in [0.1, 0.15) is 48.9 Å². The second-order valence-corrected chi connectivity index (χ2v) is 6.38. The maximum atomic E-state index is 12.2. The zero-order chi connectivity index (χ0) is 16.8. The number of carbonyl (C=O) groups is 1. The lowest BCUT2D eigenvalue weighted by Gasteiger charge is -2.16. The van der Waals surface area contributed by atoms with Crippen molar-refractivity contribution in [3.63, 3.8) is 0 Å². The van der Waals surface area contributed by atoms with Gasteiger partial charge in [0.15, 0.2) is 0 Å². The Bertz CT molecular complexity index is 752. The van der Waals surface area contributed by atoms with Crippen molar-refractivity contribution in [2.24, 2.45) is 0 Å². The first kappa shape index (κ1) is 19.5. The zero-order valence-electron chi connectivity index (χ0n) is 14.3. The van der Waals surface area contributed by atoms with Crippen LogP contribution in [0, 0.1) is 0 Å². The summed E-state index contributed by atoms with van der Waals surface area (Å²) < 4.78 is 5.20. The minimum atomic E-state index is -0.595. The van der Waals surface area contributed by atoms with Gasteiger partial charge in [-0.05, 0) is 25.0 Å². The second-order valence-electron chi connectivity index (χ2n) is 6.38. The molecule has 6 heteroatoms. The number of hydrogen-bond acceptors (Lipinski definition) is 4. The molecule has 2 aromatic rings. The predicted molar refractivity (Wildman–Crippen MR) is 102 cm³/mol. The first-order valence-corrected chi connectivity index (χ1v) is 8.78. The summed E-state index contributed by atoms with van der Waals surface area (Å²) in [6, 6.07) is 9.33. The third kappa shape index (κ3) is 5.31. The maximum Gasteiger partial charge on any atom is 0.349 e. The number of benzene rings is 1. The minimum Gasteiger partial charge on any atom is -0.422 e. The standard InChI is InChI=1S/C19H24N2O3.ClH/c22-18(21-12-11-20-15-8-3-1-2-4-9-15)16-13-14-7-5-6-10-17(14)24-19(16)23;/h5-7,10,13,15,20H,1-4,8-9,11-12H2,(H,21,22);1H. The monoisotopic (exact) mass is 364 g/mol. The van der Waals surface area contributed by atoms with E-state index in [0.717, 1.165) is 11.9 Å². The lowest BCUT2D eigenvalue weighted by atomic mass is 10.1. The van der Waals surface area contributed by atoms with Gasteiger partial charge in [0.2, 0.25) is 0 Å². The molecule has 1 aliphatic carbocycles. The molecule has 3 rings (SSSR count). The van der Waals surface area contributed by atoms with Gasteiger partial charge in [0.25, 0.3) is 5.91 Å². The summed E-state index contributed by atoms with van der Waals surface area (Å²) in [6.07, 6.45) is 7.63. The number of fused-ring (bicyclic) bond motifs is 1. The third-order valence-electron chi connectivity index (χ3n) is 4.58. The van der Waals surface area contributed by atoms with Gasteiger partial charge in [-0.25, -0.2) is 4.79 Å². The number of nitrogens with one attached hydrogen (secondary N) is 2. The van der Waals surface area contributed by atoms with Crippen LogP contribution in [0.5, 0.6) is 0 Å². The Morgan fingerprint density at radius 3 is 2.56 bits per heavy atom. The van der Waals surface area contributed by atoms with E-state index in [1.54, 1.807) is 18.2 Å². The number of amides is 1. The number of para-hydroxylation sites is 1. The van der Waals surface area contributed by atoms with Crippen LogP contribution in [0.2, 0.25) is 0 Å². The van der Waals surface area contributed by atoms with Crippen LogP contribution in [0.15, 0.2) is 39.5 Å². The van der Waals surface area contributed by atoms with Gasteiger partial charge in [0.1, 0.15) is 11.1 Å². The van der Waals surface area contributed by atoms with Crippen LogP contribution in [0.25, 0.3) is 11.0 Å². The topological polar surface area (TPSA) is 71.3 Å². The Hall–Kier alpha value is -1.85. The lowest BCUT2D eigenvalue weighted by molar-refractivity contribution is 0.0950. The molecule has 1 amide bonds. The first-order valence-electron chi connectivity index (χ1n) is 8.78. The molecule has 1 fully saturated rings. The molecule has 5 nitrogen and oxygen atoms in total. The van der Waals surface area contributed by atoms with Gasteiger partial charge >= 0.3 is 5.63 Å². The molecule has 0 saturated heterocycles. The third-order valence-corrected chi connectivity index (χ3v) is 4.58. The Labute approximate surface area is 153 Å². The number of carbonyl (C=O) groups excluding carboxylic acids is 1. The van der Waals surface area contributed by atoms with Gasteiger partial charge in [-0.15, -0.1) is 12.4 Å². The van der Waals surface area contributed by atoms with E-state index in [1.165, 1.54) is 38.5 Å². The summed E-state index contributed by atoms with van der Waals surface area (Å²) in [5, 5.41) is 7.04. The molecule has 0 spiro atoms. The average molecular weight is 365 g/mol. The average Bonchev–Trinajstić information content (AvgIpc) is 2.86. The van der Waals surface area contributed by atoms with Gasteiger partial charge < -0.3 is 15.1 Å². The molecule has 1 aliphatic rings.